The molecule has 0 atom stereocenters. The molecule has 0 aliphatic rings. The fourth-order valence-electron chi connectivity index (χ4n) is 3.80. The zero-order valence-corrected chi connectivity index (χ0v) is 18.4. The Morgan fingerprint density at radius 1 is 0.933 bits per heavy atom. The van der Waals surface area contributed by atoms with Crippen LogP contribution in [-0.2, 0) is 19.4 Å². The Morgan fingerprint density at radius 2 is 1.83 bits per heavy atom. The zero-order valence-electron chi connectivity index (χ0n) is 17.6. The quantitative estimate of drug-likeness (QED) is 0.297. The summed E-state index contributed by atoms with van der Waals surface area (Å²) < 4.78 is 2.37. The van der Waals surface area contributed by atoms with E-state index in [0.29, 0.717) is 0 Å². The normalized spacial score (nSPS) is 11.2. The fourth-order valence-corrected chi connectivity index (χ4v) is 4.78. The highest BCUT2D eigenvalue weighted by molar-refractivity contribution is 7.15. The van der Waals surface area contributed by atoms with Gasteiger partial charge in [0, 0.05) is 23.3 Å². The lowest BCUT2D eigenvalue weighted by Crippen LogP contribution is -2.00. The number of aromatic nitrogens is 5. The van der Waals surface area contributed by atoms with Gasteiger partial charge in [0.2, 0.25) is 0 Å². The molecule has 0 saturated heterocycles. The average Bonchev–Trinajstić information content (AvgIpc) is 3.53. The number of benzene rings is 1. The minimum Gasteiger partial charge on any atom is -0.347 e. The van der Waals surface area contributed by atoms with Crippen molar-refractivity contribution in [2.75, 3.05) is 0 Å². The Balaban J connectivity index is 1.31. The van der Waals surface area contributed by atoms with Gasteiger partial charge < -0.3 is 4.57 Å². The standard InChI is InChI=1S/C24H29N5S/c1-2-3-4-5-8-19-11-13-20(14-12-19)22-10-7-18-29(22)17-6-9-21-15-16-23(30-21)24-25-27-28-26-24/h7,10-16,18H,2-6,8-9,17H2,1H3,(H,25,26,27,28). The van der Waals surface area contributed by atoms with Crippen molar-refractivity contribution in [3.63, 3.8) is 0 Å². The van der Waals surface area contributed by atoms with Crippen molar-refractivity contribution in [1.29, 1.82) is 0 Å². The van der Waals surface area contributed by atoms with Crippen molar-refractivity contribution >= 4 is 11.3 Å². The molecule has 30 heavy (non-hydrogen) atoms. The van der Waals surface area contributed by atoms with Crippen LogP contribution >= 0.6 is 11.3 Å². The number of rotatable bonds is 11. The van der Waals surface area contributed by atoms with E-state index in [2.05, 4.69) is 86.8 Å². The Morgan fingerprint density at radius 3 is 2.63 bits per heavy atom. The van der Waals surface area contributed by atoms with E-state index < -0.39 is 0 Å². The molecule has 6 heteroatoms. The number of unbranched alkanes of at least 4 members (excludes halogenated alkanes) is 3. The SMILES string of the molecule is CCCCCCc1ccc(-c2cccn2CCCc2ccc(-c3nnn[nH]3)s2)cc1. The van der Waals surface area contributed by atoms with E-state index in [1.807, 2.05) is 0 Å². The van der Waals surface area contributed by atoms with Crippen LogP contribution < -0.4 is 0 Å². The van der Waals surface area contributed by atoms with Gasteiger partial charge in [0.15, 0.2) is 5.82 Å². The van der Waals surface area contributed by atoms with Crippen molar-refractivity contribution in [2.24, 2.45) is 0 Å². The maximum absolute atomic E-state index is 3.99. The van der Waals surface area contributed by atoms with Crippen molar-refractivity contribution in [2.45, 2.75) is 58.4 Å². The molecule has 0 bridgehead atoms. The largest absolute Gasteiger partial charge is 0.347 e. The van der Waals surface area contributed by atoms with Gasteiger partial charge >= 0.3 is 0 Å². The number of tetrazole rings is 1. The fraction of sp³-hybridized carbons (Fsp3) is 0.375. The highest BCUT2D eigenvalue weighted by Crippen LogP contribution is 2.26. The second-order valence-electron chi connectivity index (χ2n) is 7.71. The Hall–Kier alpha value is -2.73. The van der Waals surface area contributed by atoms with E-state index in [9.17, 15) is 0 Å². The molecule has 3 heterocycles. The van der Waals surface area contributed by atoms with Gasteiger partial charge in [-0.05, 0) is 71.5 Å². The first-order chi connectivity index (χ1) is 14.8. The third-order valence-electron chi connectivity index (χ3n) is 5.46. The molecule has 3 aromatic heterocycles. The summed E-state index contributed by atoms with van der Waals surface area (Å²) in [5, 5.41) is 14.1. The molecule has 0 saturated carbocycles. The Labute approximate surface area is 182 Å². The van der Waals surface area contributed by atoms with E-state index >= 15 is 0 Å². The minimum absolute atomic E-state index is 0.743. The first-order valence-corrected chi connectivity index (χ1v) is 11.7. The molecule has 0 amide bonds. The number of thiophene rings is 1. The molecule has 0 radical (unpaired) electrons. The van der Waals surface area contributed by atoms with Crippen molar-refractivity contribution in [3.05, 3.63) is 65.2 Å². The molecular formula is C24H29N5S. The summed E-state index contributed by atoms with van der Waals surface area (Å²) in [5.41, 5.74) is 4.05. The Bertz CT molecular complexity index is 1010. The summed E-state index contributed by atoms with van der Waals surface area (Å²) in [6.45, 7) is 3.27. The lowest BCUT2D eigenvalue weighted by Gasteiger charge is -2.10. The van der Waals surface area contributed by atoms with Gasteiger partial charge in [-0.3, -0.25) is 0 Å². The van der Waals surface area contributed by atoms with Gasteiger partial charge in [-0.25, -0.2) is 5.10 Å². The third kappa shape index (κ3) is 5.25. The highest BCUT2D eigenvalue weighted by Gasteiger charge is 2.08. The number of aryl methyl sites for hydroxylation is 3. The second-order valence-corrected chi connectivity index (χ2v) is 8.88. The molecule has 0 unspecified atom stereocenters. The van der Waals surface area contributed by atoms with Crippen LogP contribution in [0.3, 0.4) is 0 Å². The topological polar surface area (TPSA) is 59.4 Å². The molecule has 1 aromatic carbocycles. The zero-order chi connectivity index (χ0) is 20.6. The van der Waals surface area contributed by atoms with Gasteiger partial charge in [0.1, 0.15) is 0 Å². The number of H-pyrrole nitrogens is 1. The Kier molecular flexibility index (Phi) is 7.08. The van der Waals surface area contributed by atoms with Crippen LogP contribution in [-0.4, -0.2) is 25.2 Å². The maximum atomic E-state index is 3.99. The van der Waals surface area contributed by atoms with Crippen LogP contribution in [0.4, 0.5) is 0 Å². The molecule has 4 aromatic rings. The first kappa shape index (κ1) is 20.5. The average molecular weight is 420 g/mol. The van der Waals surface area contributed by atoms with Crippen molar-refractivity contribution < 1.29 is 0 Å². The summed E-state index contributed by atoms with van der Waals surface area (Å²) >= 11 is 1.76. The van der Waals surface area contributed by atoms with E-state index in [1.54, 1.807) is 11.3 Å². The van der Waals surface area contributed by atoms with Gasteiger partial charge in [-0.1, -0.05) is 50.5 Å². The van der Waals surface area contributed by atoms with Gasteiger partial charge in [-0.2, -0.15) is 0 Å². The van der Waals surface area contributed by atoms with Crippen LogP contribution in [0.25, 0.3) is 22.0 Å². The molecule has 0 fully saturated rings. The number of aromatic amines is 1. The summed E-state index contributed by atoms with van der Waals surface area (Å²) in [7, 11) is 0. The molecule has 4 rings (SSSR count). The van der Waals surface area contributed by atoms with E-state index in [-0.39, 0.29) is 0 Å². The second kappa shape index (κ2) is 10.3. The third-order valence-corrected chi connectivity index (χ3v) is 6.61. The first-order valence-electron chi connectivity index (χ1n) is 10.9. The predicted molar refractivity (Wildman–Crippen MR) is 124 cm³/mol. The summed E-state index contributed by atoms with van der Waals surface area (Å²) in [6.07, 6.45) is 10.8. The van der Waals surface area contributed by atoms with Crippen molar-refractivity contribution in [3.8, 4) is 22.0 Å². The summed E-state index contributed by atoms with van der Waals surface area (Å²) in [5.74, 6) is 0.743. The lowest BCUT2D eigenvalue weighted by molar-refractivity contribution is 0.654. The molecular weight excluding hydrogens is 390 g/mol. The summed E-state index contributed by atoms with van der Waals surface area (Å²) in [4.78, 5) is 2.45. The smallest absolute Gasteiger partial charge is 0.189 e. The molecule has 5 nitrogen and oxygen atoms in total. The van der Waals surface area contributed by atoms with Gasteiger partial charge in [0.25, 0.3) is 0 Å². The monoisotopic (exact) mass is 419 g/mol. The van der Waals surface area contributed by atoms with Gasteiger partial charge in [-0.15, -0.1) is 16.4 Å². The van der Waals surface area contributed by atoms with E-state index in [1.165, 1.54) is 53.8 Å². The number of hydrogen-bond acceptors (Lipinski definition) is 4. The summed E-state index contributed by atoms with van der Waals surface area (Å²) in [6, 6.07) is 17.8. The highest BCUT2D eigenvalue weighted by atomic mass is 32.1. The van der Waals surface area contributed by atoms with Crippen LogP contribution in [0.5, 0.6) is 0 Å². The number of nitrogens with one attached hydrogen (secondary N) is 1. The predicted octanol–water partition coefficient (Wildman–Crippen LogP) is 6.15. The molecule has 0 aliphatic carbocycles. The molecule has 0 spiro atoms. The van der Waals surface area contributed by atoms with Crippen molar-refractivity contribution in [1.82, 2.24) is 25.2 Å². The van der Waals surface area contributed by atoms with Crippen LogP contribution in [0, 0.1) is 0 Å². The van der Waals surface area contributed by atoms with Crippen LogP contribution in [0.2, 0.25) is 0 Å². The van der Waals surface area contributed by atoms with E-state index in [4.69, 9.17) is 0 Å². The van der Waals surface area contributed by atoms with Gasteiger partial charge in [0.05, 0.1) is 4.88 Å². The van der Waals surface area contributed by atoms with Crippen LogP contribution in [0.1, 0.15) is 49.5 Å². The lowest BCUT2D eigenvalue weighted by atomic mass is 10.0. The molecule has 1 N–H and O–H groups in total. The van der Waals surface area contributed by atoms with Crippen LogP contribution in [0.15, 0.2) is 54.7 Å². The number of hydrogen-bond donors (Lipinski definition) is 1. The number of nitrogens with zero attached hydrogens (tertiary/aromatic N) is 4. The maximum Gasteiger partial charge on any atom is 0.189 e. The molecule has 156 valence electrons. The molecule has 0 aliphatic heterocycles. The minimum atomic E-state index is 0.743. The van der Waals surface area contributed by atoms with E-state index in [0.717, 1.165) is 30.1 Å².